The van der Waals surface area contributed by atoms with E-state index in [2.05, 4.69) is 0 Å². The number of hydrogen-bond donors (Lipinski definition) is 1. The van der Waals surface area contributed by atoms with Crippen LogP contribution < -0.4 is 5.73 Å². The Morgan fingerprint density at radius 1 is 1.35 bits per heavy atom. The number of amides is 1. The fourth-order valence-corrected chi connectivity index (χ4v) is 1.60. The zero-order chi connectivity index (χ0) is 13.6. The number of carbonyl (C=O) groups excluding carboxylic acids is 1. The van der Waals surface area contributed by atoms with Crippen molar-refractivity contribution in [1.29, 1.82) is 0 Å². The van der Waals surface area contributed by atoms with E-state index in [0.717, 1.165) is 4.90 Å². The molecule has 0 rings (SSSR count). The Hall–Kier alpha value is -0.780. The maximum Gasteiger partial charge on any atom is 0.406 e. The summed E-state index contributed by atoms with van der Waals surface area (Å²) in [6, 6.07) is -0.844. The van der Waals surface area contributed by atoms with Gasteiger partial charge in [-0.3, -0.25) is 4.79 Å². The molecule has 0 aromatic carbocycles. The molecule has 0 bridgehead atoms. The molecule has 0 aromatic rings. The predicted octanol–water partition coefficient (Wildman–Crippen LogP) is 2.16. The van der Waals surface area contributed by atoms with Gasteiger partial charge >= 0.3 is 6.18 Å². The molecule has 1 amide bonds. The SMILES string of the molecule is CCCN(CC(F)(F)F)C(=O)[C@H](N)CC(C)C. The van der Waals surface area contributed by atoms with Crippen molar-refractivity contribution in [1.82, 2.24) is 4.90 Å². The average molecular weight is 254 g/mol. The van der Waals surface area contributed by atoms with E-state index in [1.165, 1.54) is 0 Å². The number of halogens is 3. The van der Waals surface area contributed by atoms with Crippen molar-refractivity contribution >= 4 is 5.91 Å². The lowest BCUT2D eigenvalue weighted by molar-refractivity contribution is -0.162. The third kappa shape index (κ3) is 7.20. The van der Waals surface area contributed by atoms with Crippen molar-refractivity contribution in [2.45, 2.75) is 45.8 Å². The van der Waals surface area contributed by atoms with Crippen LogP contribution in [-0.2, 0) is 4.79 Å². The van der Waals surface area contributed by atoms with Crippen molar-refractivity contribution in [3.05, 3.63) is 0 Å². The number of nitrogens with two attached hydrogens (primary N) is 1. The minimum Gasteiger partial charge on any atom is -0.332 e. The first-order chi connectivity index (χ1) is 7.67. The maximum atomic E-state index is 12.3. The van der Waals surface area contributed by atoms with Gasteiger partial charge in [-0.05, 0) is 18.8 Å². The van der Waals surface area contributed by atoms with Crippen molar-refractivity contribution in [3.8, 4) is 0 Å². The molecule has 102 valence electrons. The van der Waals surface area contributed by atoms with Crippen LogP contribution >= 0.6 is 0 Å². The van der Waals surface area contributed by atoms with Crippen LogP contribution in [0.3, 0.4) is 0 Å². The smallest absolute Gasteiger partial charge is 0.332 e. The van der Waals surface area contributed by atoms with Gasteiger partial charge in [-0.2, -0.15) is 13.2 Å². The average Bonchev–Trinajstić information content (AvgIpc) is 2.12. The lowest BCUT2D eigenvalue weighted by Crippen LogP contribution is -2.48. The number of carbonyl (C=O) groups is 1. The van der Waals surface area contributed by atoms with Crippen LogP contribution in [0.25, 0.3) is 0 Å². The standard InChI is InChI=1S/C11H21F3N2O/c1-4-5-16(7-11(12,13)14)10(17)9(15)6-8(2)3/h8-9H,4-7,15H2,1-3H3/t9-/m1/s1. The molecule has 0 aromatic heterocycles. The highest BCUT2D eigenvalue weighted by Gasteiger charge is 2.34. The van der Waals surface area contributed by atoms with Crippen LogP contribution in [0.15, 0.2) is 0 Å². The molecule has 0 heterocycles. The van der Waals surface area contributed by atoms with E-state index in [0.29, 0.717) is 12.8 Å². The highest BCUT2D eigenvalue weighted by atomic mass is 19.4. The Labute approximate surface area is 100 Å². The molecule has 0 aliphatic rings. The molecule has 0 saturated heterocycles. The van der Waals surface area contributed by atoms with Crippen molar-refractivity contribution < 1.29 is 18.0 Å². The van der Waals surface area contributed by atoms with Crippen molar-refractivity contribution in [3.63, 3.8) is 0 Å². The molecule has 0 aliphatic carbocycles. The second-order valence-corrected chi connectivity index (χ2v) is 4.61. The summed E-state index contributed by atoms with van der Waals surface area (Å²) >= 11 is 0. The second kappa shape index (κ2) is 6.83. The van der Waals surface area contributed by atoms with Crippen LogP contribution in [0.1, 0.15) is 33.6 Å². The summed E-state index contributed by atoms with van der Waals surface area (Å²) in [5.74, 6) is -0.429. The van der Waals surface area contributed by atoms with E-state index < -0.39 is 24.7 Å². The predicted molar refractivity (Wildman–Crippen MR) is 60.4 cm³/mol. The number of nitrogens with zero attached hydrogens (tertiary/aromatic N) is 1. The Bertz CT molecular complexity index is 241. The summed E-state index contributed by atoms with van der Waals surface area (Å²) in [6.07, 6.45) is -3.49. The summed E-state index contributed by atoms with van der Waals surface area (Å²) in [5, 5.41) is 0. The van der Waals surface area contributed by atoms with E-state index in [4.69, 9.17) is 5.73 Å². The van der Waals surface area contributed by atoms with Crippen molar-refractivity contribution in [2.24, 2.45) is 11.7 Å². The van der Waals surface area contributed by atoms with Gasteiger partial charge in [0, 0.05) is 6.54 Å². The monoisotopic (exact) mass is 254 g/mol. The number of alkyl halides is 3. The topological polar surface area (TPSA) is 46.3 Å². The highest BCUT2D eigenvalue weighted by molar-refractivity contribution is 5.81. The van der Waals surface area contributed by atoms with Gasteiger partial charge in [0.2, 0.25) is 5.91 Å². The van der Waals surface area contributed by atoms with Crippen LogP contribution in [0.4, 0.5) is 13.2 Å². The Balaban J connectivity index is 4.53. The van der Waals surface area contributed by atoms with Gasteiger partial charge in [0.05, 0.1) is 6.04 Å². The largest absolute Gasteiger partial charge is 0.406 e. The molecule has 0 fully saturated rings. The van der Waals surface area contributed by atoms with Crippen LogP contribution in [0.2, 0.25) is 0 Å². The first-order valence-corrected chi connectivity index (χ1v) is 5.78. The first-order valence-electron chi connectivity index (χ1n) is 5.78. The second-order valence-electron chi connectivity index (χ2n) is 4.61. The Morgan fingerprint density at radius 3 is 2.24 bits per heavy atom. The maximum absolute atomic E-state index is 12.3. The molecule has 17 heavy (non-hydrogen) atoms. The van der Waals surface area contributed by atoms with Gasteiger partial charge in [-0.25, -0.2) is 0 Å². The van der Waals surface area contributed by atoms with Crippen LogP contribution in [-0.4, -0.2) is 36.1 Å². The zero-order valence-electron chi connectivity index (χ0n) is 10.5. The van der Waals surface area contributed by atoms with Gasteiger partial charge in [-0.15, -0.1) is 0 Å². The minimum absolute atomic E-state index is 0.0874. The summed E-state index contributed by atoms with van der Waals surface area (Å²) < 4.78 is 36.8. The summed E-state index contributed by atoms with van der Waals surface area (Å²) in [4.78, 5) is 12.5. The van der Waals surface area contributed by atoms with Gasteiger partial charge in [0.1, 0.15) is 6.54 Å². The van der Waals surface area contributed by atoms with E-state index in [9.17, 15) is 18.0 Å². The molecule has 0 unspecified atom stereocenters. The van der Waals surface area contributed by atoms with Gasteiger partial charge in [0.15, 0.2) is 0 Å². The molecular weight excluding hydrogens is 233 g/mol. The summed E-state index contributed by atoms with van der Waals surface area (Å²) in [6.45, 7) is 4.35. The van der Waals surface area contributed by atoms with Gasteiger partial charge in [0.25, 0.3) is 0 Å². The first kappa shape index (κ1) is 16.2. The highest BCUT2D eigenvalue weighted by Crippen LogP contribution is 2.18. The van der Waals surface area contributed by atoms with E-state index >= 15 is 0 Å². The van der Waals surface area contributed by atoms with Crippen LogP contribution in [0, 0.1) is 5.92 Å². The molecule has 3 nitrogen and oxygen atoms in total. The molecule has 0 aliphatic heterocycles. The molecule has 2 N–H and O–H groups in total. The van der Waals surface area contributed by atoms with Crippen LogP contribution in [0.5, 0.6) is 0 Å². The van der Waals surface area contributed by atoms with Crippen molar-refractivity contribution in [2.75, 3.05) is 13.1 Å². The zero-order valence-corrected chi connectivity index (χ0v) is 10.5. The molecule has 1 atom stereocenters. The normalized spacial score (nSPS) is 13.9. The fourth-order valence-electron chi connectivity index (χ4n) is 1.60. The molecule has 6 heteroatoms. The third-order valence-electron chi connectivity index (χ3n) is 2.22. The number of rotatable bonds is 6. The van der Waals surface area contributed by atoms with E-state index in [1.54, 1.807) is 6.92 Å². The fraction of sp³-hybridized carbons (Fsp3) is 0.909. The molecular formula is C11H21F3N2O. The van der Waals surface area contributed by atoms with E-state index in [1.807, 2.05) is 13.8 Å². The Morgan fingerprint density at radius 2 is 1.88 bits per heavy atom. The lowest BCUT2D eigenvalue weighted by atomic mass is 10.0. The quantitative estimate of drug-likeness (QED) is 0.789. The third-order valence-corrected chi connectivity index (χ3v) is 2.22. The summed E-state index contributed by atoms with van der Waals surface area (Å²) in [5.41, 5.74) is 5.61. The van der Waals surface area contributed by atoms with Gasteiger partial charge in [-0.1, -0.05) is 20.8 Å². The van der Waals surface area contributed by atoms with E-state index in [-0.39, 0.29) is 12.5 Å². The minimum atomic E-state index is -4.37. The molecule has 0 saturated carbocycles. The van der Waals surface area contributed by atoms with Gasteiger partial charge < -0.3 is 10.6 Å². The molecule has 0 radical (unpaired) electrons. The molecule has 0 spiro atoms. The lowest BCUT2D eigenvalue weighted by Gasteiger charge is -2.26. The number of hydrogen-bond acceptors (Lipinski definition) is 2. The summed E-state index contributed by atoms with van der Waals surface area (Å²) in [7, 11) is 0. The Kier molecular flexibility index (Phi) is 6.52.